The quantitative estimate of drug-likeness (QED) is 0.897. The highest BCUT2D eigenvalue weighted by Gasteiger charge is 2.31. The van der Waals surface area contributed by atoms with Gasteiger partial charge in [-0.15, -0.1) is 0 Å². The normalized spacial score (nSPS) is 21.8. The first kappa shape index (κ1) is 13.1. The molecule has 1 aromatic rings. The largest absolute Gasteiger partial charge is 0.310 e. The van der Waals surface area contributed by atoms with Crippen LogP contribution in [0.15, 0.2) is 18.2 Å². The number of nitrogens with zero attached hydrogens (tertiary/aromatic N) is 1. The minimum absolute atomic E-state index is 0.133. The number of aryl methyl sites for hydroxylation is 1. The van der Waals surface area contributed by atoms with Gasteiger partial charge in [-0.1, -0.05) is 6.07 Å². The average molecular weight is 262 g/mol. The molecular formula is C16H23FN2. The number of piperidine rings is 1. The van der Waals surface area contributed by atoms with Gasteiger partial charge in [0.15, 0.2) is 0 Å². The molecule has 1 aromatic carbocycles. The van der Waals surface area contributed by atoms with Crippen molar-refractivity contribution in [1.29, 1.82) is 0 Å². The third-order valence-corrected chi connectivity index (χ3v) is 4.49. The maximum absolute atomic E-state index is 13.2. The van der Waals surface area contributed by atoms with Crippen molar-refractivity contribution in [3.8, 4) is 0 Å². The predicted octanol–water partition coefficient (Wildman–Crippen LogP) is 2.85. The summed E-state index contributed by atoms with van der Waals surface area (Å²) >= 11 is 0. The Bertz CT molecular complexity index is 434. The monoisotopic (exact) mass is 262 g/mol. The molecule has 0 radical (unpaired) electrons. The van der Waals surface area contributed by atoms with Gasteiger partial charge in [0, 0.05) is 18.6 Å². The van der Waals surface area contributed by atoms with E-state index < -0.39 is 0 Å². The summed E-state index contributed by atoms with van der Waals surface area (Å²) in [7, 11) is 0. The molecule has 2 nitrogen and oxygen atoms in total. The number of halogens is 1. The highest BCUT2D eigenvalue weighted by molar-refractivity contribution is 5.26. The molecule has 1 aliphatic carbocycles. The van der Waals surface area contributed by atoms with Crippen LogP contribution in [0, 0.1) is 12.7 Å². The Balaban J connectivity index is 1.48. The Hall–Kier alpha value is -0.930. The number of hydrogen-bond acceptors (Lipinski definition) is 2. The fourth-order valence-corrected chi connectivity index (χ4v) is 2.99. The standard InChI is InChI=1S/C16H23FN2/c1-12-2-3-14(17)10-13(12)11-18-15-6-8-19(9-7-15)16-4-5-16/h2-3,10,15-16,18H,4-9,11H2,1H3. The van der Waals surface area contributed by atoms with Gasteiger partial charge in [-0.05, 0) is 69.0 Å². The van der Waals surface area contributed by atoms with Gasteiger partial charge in [0.25, 0.3) is 0 Å². The first-order valence-electron chi connectivity index (χ1n) is 7.45. The molecule has 2 aliphatic rings. The van der Waals surface area contributed by atoms with Crippen LogP contribution >= 0.6 is 0 Å². The fourth-order valence-electron chi connectivity index (χ4n) is 2.99. The Labute approximate surface area is 115 Å². The zero-order valence-corrected chi connectivity index (χ0v) is 11.7. The summed E-state index contributed by atoms with van der Waals surface area (Å²) in [4.78, 5) is 2.63. The second kappa shape index (κ2) is 5.59. The number of hydrogen-bond donors (Lipinski definition) is 1. The molecule has 0 spiro atoms. The molecule has 0 amide bonds. The highest BCUT2D eigenvalue weighted by atomic mass is 19.1. The van der Waals surface area contributed by atoms with E-state index in [0.717, 1.165) is 18.2 Å². The Morgan fingerprint density at radius 1 is 1.21 bits per heavy atom. The number of likely N-dealkylation sites (tertiary alicyclic amines) is 1. The molecule has 3 rings (SSSR count). The van der Waals surface area contributed by atoms with Crippen molar-refractivity contribution in [3.63, 3.8) is 0 Å². The summed E-state index contributed by atoms with van der Waals surface area (Å²) in [6.07, 6.45) is 5.26. The average Bonchev–Trinajstić information content (AvgIpc) is 3.25. The molecule has 2 fully saturated rings. The predicted molar refractivity (Wildman–Crippen MR) is 75.6 cm³/mol. The lowest BCUT2D eigenvalue weighted by atomic mass is 10.0. The molecule has 19 heavy (non-hydrogen) atoms. The van der Waals surface area contributed by atoms with Crippen LogP contribution in [0.1, 0.15) is 36.8 Å². The van der Waals surface area contributed by atoms with E-state index in [1.54, 1.807) is 6.07 Å². The molecule has 0 aromatic heterocycles. The van der Waals surface area contributed by atoms with Gasteiger partial charge in [-0.25, -0.2) is 4.39 Å². The van der Waals surface area contributed by atoms with Crippen molar-refractivity contribution in [2.45, 2.75) is 51.2 Å². The maximum atomic E-state index is 13.2. The SMILES string of the molecule is Cc1ccc(F)cc1CNC1CCN(C2CC2)CC1. The number of nitrogens with one attached hydrogen (secondary N) is 1. The van der Waals surface area contributed by atoms with Crippen molar-refractivity contribution in [3.05, 3.63) is 35.1 Å². The lowest BCUT2D eigenvalue weighted by molar-refractivity contribution is 0.189. The van der Waals surface area contributed by atoms with Crippen LogP contribution < -0.4 is 5.32 Å². The fraction of sp³-hybridized carbons (Fsp3) is 0.625. The second-order valence-corrected chi connectivity index (χ2v) is 5.99. The first-order chi connectivity index (χ1) is 9.22. The zero-order chi connectivity index (χ0) is 13.2. The van der Waals surface area contributed by atoms with E-state index in [1.165, 1.54) is 50.4 Å². The minimum Gasteiger partial charge on any atom is -0.310 e. The molecular weight excluding hydrogens is 239 g/mol. The molecule has 1 heterocycles. The molecule has 0 unspecified atom stereocenters. The second-order valence-electron chi connectivity index (χ2n) is 5.99. The van der Waals surface area contributed by atoms with Crippen LogP contribution in [0.5, 0.6) is 0 Å². The van der Waals surface area contributed by atoms with Crippen molar-refractivity contribution in [1.82, 2.24) is 10.2 Å². The summed E-state index contributed by atoms with van der Waals surface area (Å²) in [5, 5.41) is 3.59. The van der Waals surface area contributed by atoms with E-state index in [0.29, 0.717) is 6.04 Å². The van der Waals surface area contributed by atoms with Gasteiger partial charge in [0.2, 0.25) is 0 Å². The Morgan fingerprint density at radius 2 is 1.95 bits per heavy atom. The maximum Gasteiger partial charge on any atom is 0.123 e. The topological polar surface area (TPSA) is 15.3 Å². The molecule has 1 saturated heterocycles. The molecule has 3 heteroatoms. The van der Waals surface area contributed by atoms with Crippen LogP contribution in [0.2, 0.25) is 0 Å². The van der Waals surface area contributed by atoms with Gasteiger partial charge in [0.05, 0.1) is 0 Å². The smallest absolute Gasteiger partial charge is 0.123 e. The lowest BCUT2D eigenvalue weighted by Gasteiger charge is -2.32. The molecule has 104 valence electrons. The van der Waals surface area contributed by atoms with Gasteiger partial charge in [0.1, 0.15) is 5.82 Å². The van der Waals surface area contributed by atoms with E-state index in [2.05, 4.69) is 10.2 Å². The van der Waals surface area contributed by atoms with Gasteiger partial charge >= 0.3 is 0 Å². The van der Waals surface area contributed by atoms with Gasteiger partial charge in [-0.2, -0.15) is 0 Å². The van der Waals surface area contributed by atoms with Crippen molar-refractivity contribution >= 4 is 0 Å². The number of benzene rings is 1. The van der Waals surface area contributed by atoms with E-state index in [1.807, 2.05) is 13.0 Å². The summed E-state index contributed by atoms with van der Waals surface area (Å²) in [5.74, 6) is -0.133. The summed E-state index contributed by atoms with van der Waals surface area (Å²) < 4.78 is 13.2. The third-order valence-electron chi connectivity index (χ3n) is 4.49. The van der Waals surface area contributed by atoms with Crippen molar-refractivity contribution in [2.24, 2.45) is 0 Å². The number of rotatable bonds is 4. The Morgan fingerprint density at radius 3 is 2.63 bits per heavy atom. The van der Waals surface area contributed by atoms with E-state index >= 15 is 0 Å². The van der Waals surface area contributed by atoms with E-state index in [-0.39, 0.29) is 5.82 Å². The highest BCUT2D eigenvalue weighted by Crippen LogP contribution is 2.29. The van der Waals surface area contributed by atoms with Crippen molar-refractivity contribution < 1.29 is 4.39 Å². The van der Waals surface area contributed by atoms with E-state index in [4.69, 9.17) is 0 Å². The summed E-state index contributed by atoms with van der Waals surface area (Å²) in [5.41, 5.74) is 2.26. The first-order valence-corrected chi connectivity index (χ1v) is 7.45. The molecule has 1 N–H and O–H groups in total. The summed E-state index contributed by atoms with van der Waals surface area (Å²) in [6, 6.07) is 6.54. The summed E-state index contributed by atoms with van der Waals surface area (Å²) in [6.45, 7) is 5.29. The van der Waals surface area contributed by atoms with Crippen LogP contribution in [0.25, 0.3) is 0 Å². The molecule has 0 atom stereocenters. The molecule has 1 saturated carbocycles. The van der Waals surface area contributed by atoms with Gasteiger partial charge < -0.3 is 10.2 Å². The van der Waals surface area contributed by atoms with Crippen molar-refractivity contribution in [2.75, 3.05) is 13.1 Å². The lowest BCUT2D eigenvalue weighted by Crippen LogP contribution is -2.43. The zero-order valence-electron chi connectivity index (χ0n) is 11.7. The molecule has 0 bridgehead atoms. The van der Waals surface area contributed by atoms with Crippen LogP contribution in [0.3, 0.4) is 0 Å². The van der Waals surface area contributed by atoms with E-state index in [9.17, 15) is 4.39 Å². The van der Waals surface area contributed by atoms with Crippen LogP contribution in [-0.2, 0) is 6.54 Å². The van der Waals surface area contributed by atoms with Gasteiger partial charge in [-0.3, -0.25) is 0 Å². The molecule has 1 aliphatic heterocycles. The minimum atomic E-state index is -0.133. The van der Waals surface area contributed by atoms with Crippen LogP contribution in [0.4, 0.5) is 4.39 Å². The van der Waals surface area contributed by atoms with Crippen LogP contribution in [-0.4, -0.2) is 30.1 Å². The Kier molecular flexibility index (Phi) is 3.85. The third kappa shape index (κ3) is 3.34.